The topological polar surface area (TPSA) is 106 Å². The monoisotopic (exact) mass is 360 g/mol. The van der Waals surface area contributed by atoms with Gasteiger partial charge in [-0.15, -0.1) is 0 Å². The normalized spacial score (nSPS) is 10.9. The molecule has 0 saturated carbocycles. The third-order valence-corrected chi connectivity index (χ3v) is 4.03. The number of nitrogens with one attached hydrogen (secondary N) is 2. The van der Waals surface area contributed by atoms with E-state index in [9.17, 15) is 9.59 Å². The summed E-state index contributed by atoms with van der Waals surface area (Å²) in [5, 5.41) is 23.4. The maximum Gasteiger partial charge on any atom is 0.251 e. The predicted octanol–water partition coefficient (Wildman–Crippen LogP) is 2.76. The molecule has 2 amide bonds. The van der Waals surface area contributed by atoms with Gasteiger partial charge in [0.15, 0.2) is 0 Å². The Kier molecular flexibility index (Phi) is 7.10. The van der Waals surface area contributed by atoms with Crippen LogP contribution in [-0.4, -0.2) is 24.4 Å². The standard InChI is InChI=1S/C21H20N4O2/c1-2-3-19(25-21(27)18-10-6-16(13-23)7-11-18)14-24-20(26)17-8-4-15(12-22)5-9-17/h4-11,19H,2-3,14H2,1H3,(H,24,26)(H,25,27). The first kappa shape index (κ1) is 19.7. The first-order valence-corrected chi connectivity index (χ1v) is 8.66. The Morgan fingerprint density at radius 1 is 0.889 bits per heavy atom. The van der Waals surface area contributed by atoms with Crippen molar-refractivity contribution in [2.24, 2.45) is 0 Å². The van der Waals surface area contributed by atoms with E-state index in [1.807, 2.05) is 19.1 Å². The molecule has 2 N–H and O–H groups in total. The molecule has 0 aromatic heterocycles. The van der Waals surface area contributed by atoms with E-state index >= 15 is 0 Å². The summed E-state index contributed by atoms with van der Waals surface area (Å²) < 4.78 is 0. The molecule has 2 rings (SSSR count). The van der Waals surface area contributed by atoms with Crippen LogP contribution in [0.4, 0.5) is 0 Å². The van der Waals surface area contributed by atoms with Crippen LogP contribution in [0.15, 0.2) is 48.5 Å². The summed E-state index contributed by atoms with van der Waals surface area (Å²) in [5.41, 5.74) is 1.91. The summed E-state index contributed by atoms with van der Waals surface area (Å²) in [6.45, 7) is 2.30. The van der Waals surface area contributed by atoms with Crippen molar-refractivity contribution in [1.82, 2.24) is 10.6 Å². The highest BCUT2D eigenvalue weighted by Crippen LogP contribution is 2.06. The molecule has 2 aromatic carbocycles. The molecule has 0 fully saturated rings. The maximum atomic E-state index is 12.4. The molecule has 136 valence electrons. The van der Waals surface area contributed by atoms with E-state index in [2.05, 4.69) is 10.6 Å². The number of carbonyl (C=O) groups excluding carboxylic acids is 2. The van der Waals surface area contributed by atoms with Crippen LogP contribution in [0.5, 0.6) is 0 Å². The van der Waals surface area contributed by atoms with Gasteiger partial charge in [0.25, 0.3) is 11.8 Å². The Bertz CT molecular complexity index is 874. The smallest absolute Gasteiger partial charge is 0.251 e. The van der Waals surface area contributed by atoms with Gasteiger partial charge in [-0.25, -0.2) is 0 Å². The highest BCUT2D eigenvalue weighted by molar-refractivity contribution is 5.95. The van der Waals surface area contributed by atoms with Crippen LogP contribution in [-0.2, 0) is 0 Å². The Balaban J connectivity index is 1.95. The van der Waals surface area contributed by atoms with E-state index in [1.165, 1.54) is 0 Å². The lowest BCUT2D eigenvalue weighted by atomic mass is 10.1. The lowest BCUT2D eigenvalue weighted by Gasteiger charge is -2.19. The van der Waals surface area contributed by atoms with E-state index in [0.29, 0.717) is 28.8 Å². The first-order valence-electron chi connectivity index (χ1n) is 8.66. The molecular weight excluding hydrogens is 340 g/mol. The van der Waals surface area contributed by atoms with Crippen LogP contribution in [0.3, 0.4) is 0 Å². The van der Waals surface area contributed by atoms with Crippen molar-refractivity contribution in [3.63, 3.8) is 0 Å². The molecule has 0 heterocycles. The van der Waals surface area contributed by atoms with E-state index < -0.39 is 0 Å². The molecular formula is C21H20N4O2. The van der Waals surface area contributed by atoms with Gasteiger partial charge < -0.3 is 10.6 Å². The fraction of sp³-hybridized carbons (Fsp3) is 0.238. The molecule has 0 spiro atoms. The second-order valence-corrected chi connectivity index (χ2v) is 6.05. The van der Waals surface area contributed by atoms with Crippen molar-refractivity contribution in [3.05, 3.63) is 70.8 Å². The minimum atomic E-state index is -0.256. The number of rotatable bonds is 7. The predicted molar refractivity (Wildman–Crippen MR) is 101 cm³/mol. The summed E-state index contributed by atoms with van der Waals surface area (Å²) in [4.78, 5) is 24.6. The van der Waals surface area contributed by atoms with Gasteiger partial charge in [0.05, 0.1) is 23.3 Å². The van der Waals surface area contributed by atoms with Crippen molar-refractivity contribution >= 4 is 11.8 Å². The van der Waals surface area contributed by atoms with Gasteiger partial charge in [0, 0.05) is 23.7 Å². The first-order chi connectivity index (χ1) is 13.1. The Morgan fingerprint density at radius 3 is 1.81 bits per heavy atom. The molecule has 6 heteroatoms. The SMILES string of the molecule is CCCC(CNC(=O)c1ccc(C#N)cc1)NC(=O)c1ccc(C#N)cc1. The number of carbonyl (C=O) groups is 2. The van der Waals surface area contributed by atoms with Crippen LogP contribution in [0.1, 0.15) is 51.6 Å². The zero-order chi connectivity index (χ0) is 19.6. The van der Waals surface area contributed by atoms with E-state index in [4.69, 9.17) is 10.5 Å². The molecule has 1 atom stereocenters. The number of nitrogens with zero attached hydrogens (tertiary/aromatic N) is 2. The molecule has 0 aliphatic rings. The number of hydrogen-bond acceptors (Lipinski definition) is 4. The Morgan fingerprint density at radius 2 is 1.37 bits per heavy atom. The van der Waals surface area contributed by atoms with Crippen LogP contribution < -0.4 is 10.6 Å². The van der Waals surface area contributed by atoms with Crippen molar-refractivity contribution in [2.45, 2.75) is 25.8 Å². The van der Waals surface area contributed by atoms with Gasteiger partial charge >= 0.3 is 0 Å². The van der Waals surface area contributed by atoms with Crippen molar-refractivity contribution in [2.75, 3.05) is 6.54 Å². The molecule has 0 aliphatic heterocycles. The van der Waals surface area contributed by atoms with Gasteiger partial charge in [-0.05, 0) is 55.0 Å². The second-order valence-electron chi connectivity index (χ2n) is 6.05. The van der Waals surface area contributed by atoms with Gasteiger partial charge in [0.2, 0.25) is 0 Å². The molecule has 0 aliphatic carbocycles. The lowest BCUT2D eigenvalue weighted by molar-refractivity contribution is 0.0906. The molecule has 0 saturated heterocycles. The highest BCUT2D eigenvalue weighted by atomic mass is 16.2. The van der Waals surface area contributed by atoms with Gasteiger partial charge in [-0.3, -0.25) is 9.59 Å². The third kappa shape index (κ3) is 5.69. The summed E-state index contributed by atoms with van der Waals surface area (Å²) in [7, 11) is 0. The van der Waals surface area contributed by atoms with Crippen molar-refractivity contribution in [1.29, 1.82) is 10.5 Å². The zero-order valence-electron chi connectivity index (χ0n) is 15.0. The highest BCUT2D eigenvalue weighted by Gasteiger charge is 2.15. The lowest BCUT2D eigenvalue weighted by Crippen LogP contribution is -2.43. The van der Waals surface area contributed by atoms with Crippen LogP contribution in [0.25, 0.3) is 0 Å². The third-order valence-electron chi connectivity index (χ3n) is 4.03. The summed E-state index contributed by atoms with van der Waals surface area (Å²) in [6.07, 6.45) is 1.57. The number of hydrogen-bond donors (Lipinski definition) is 2. The molecule has 6 nitrogen and oxygen atoms in total. The van der Waals surface area contributed by atoms with Gasteiger partial charge in [-0.2, -0.15) is 10.5 Å². The summed E-state index contributed by atoms with van der Waals surface area (Å²) in [6, 6.07) is 16.6. The fourth-order valence-corrected chi connectivity index (χ4v) is 2.55. The average Bonchev–Trinajstić information content (AvgIpc) is 2.72. The van der Waals surface area contributed by atoms with Crippen LogP contribution in [0, 0.1) is 22.7 Å². The van der Waals surface area contributed by atoms with Crippen molar-refractivity contribution in [3.8, 4) is 12.1 Å². The number of nitriles is 2. The molecule has 1 unspecified atom stereocenters. The van der Waals surface area contributed by atoms with Gasteiger partial charge in [-0.1, -0.05) is 13.3 Å². The quantitative estimate of drug-likeness (QED) is 0.792. The van der Waals surface area contributed by atoms with Crippen molar-refractivity contribution < 1.29 is 9.59 Å². The van der Waals surface area contributed by atoms with Crippen LogP contribution in [0.2, 0.25) is 0 Å². The summed E-state index contributed by atoms with van der Waals surface area (Å²) >= 11 is 0. The molecule has 0 bridgehead atoms. The maximum absolute atomic E-state index is 12.4. The minimum absolute atomic E-state index is 0.208. The van der Waals surface area contributed by atoms with Crippen LogP contribution >= 0.6 is 0 Å². The average molecular weight is 360 g/mol. The second kappa shape index (κ2) is 9.74. The van der Waals surface area contributed by atoms with E-state index in [1.54, 1.807) is 48.5 Å². The molecule has 0 radical (unpaired) electrons. The van der Waals surface area contributed by atoms with Gasteiger partial charge in [0.1, 0.15) is 0 Å². The zero-order valence-corrected chi connectivity index (χ0v) is 15.0. The molecule has 27 heavy (non-hydrogen) atoms. The number of benzene rings is 2. The molecule has 2 aromatic rings. The Hall–Kier alpha value is -3.64. The number of amides is 2. The Labute approximate surface area is 158 Å². The summed E-state index contributed by atoms with van der Waals surface area (Å²) in [5.74, 6) is -0.501. The largest absolute Gasteiger partial charge is 0.350 e. The van der Waals surface area contributed by atoms with E-state index in [0.717, 1.165) is 12.8 Å². The minimum Gasteiger partial charge on any atom is -0.350 e. The fourth-order valence-electron chi connectivity index (χ4n) is 2.55. The van der Waals surface area contributed by atoms with E-state index in [-0.39, 0.29) is 17.9 Å².